The lowest BCUT2D eigenvalue weighted by Gasteiger charge is -2.29. The molecule has 0 spiro atoms. The molecule has 67 heavy (non-hydrogen) atoms. The minimum atomic E-state index is 1.07. The Morgan fingerprint density at radius 1 is 0.179 bits per heavy atom. The van der Waals surface area contributed by atoms with Crippen LogP contribution in [0.5, 0.6) is 0 Å². The summed E-state index contributed by atoms with van der Waals surface area (Å²) < 4.78 is 0. The molecule has 0 saturated heterocycles. The smallest absolute Gasteiger partial charge is 0.0540 e. The van der Waals surface area contributed by atoms with Gasteiger partial charge in [-0.2, -0.15) is 0 Å². The van der Waals surface area contributed by atoms with Crippen LogP contribution >= 0.6 is 0 Å². The normalized spacial score (nSPS) is 11.0. The lowest BCUT2D eigenvalue weighted by Crippen LogP contribution is -2.11. The number of para-hydroxylation sites is 1. The Bertz CT molecular complexity index is 3400. The zero-order chi connectivity index (χ0) is 44.8. The van der Waals surface area contributed by atoms with Crippen molar-refractivity contribution in [3.05, 3.63) is 285 Å². The Kier molecular flexibility index (Phi) is 11.5. The van der Waals surface area contributed by atoms with Crippen molar-refractivity contribution in [3.8, 4) is 89.0 Å². The number of rotatable bonds is 11. The van der Waals surface area contributed by atoms with E-state index in [-0.39, 0.29) is 0 Å². The Balaban J connectivity index is 1.06. The quantitative estimate of drug-likeness (QED) is 0.125. The van der Waals surface area contributed by atoms with Gasteiger partial charge in [-0.05, 0) is 114 Å². The second-order valence-electron chi connectivity index (χ2n) is 16.8. The molecule has 0 amide bonds. The van der Waals surface area contributed by atoms with Crippen LogP contribution in [0.2, 0.25) is 0 Å². The SMILES string of the molecule is c1ccc(-c2ccc(-c3ccc(N(c4cccc(-c5cccc(-c6ccccc6)c5-c5ccccc5-c5ccccc5)c4)c4ccccc4-c4ccc(-c5ccccc5)cc4)cc3)cc2)cc1. The highest BCUT2D eigenvalue weighted by Crippen LogP contribution is 2.47. The van der Waals surface area contributed by atoms with Gasteiger partial charge in [0, 0.05) is 16.9 Å². The lowest BCUT2D eigenvalue weighted by molar-refractivity contribution is 1.28. The summed E-state index contributed by atoms with van der Waals surface area (Å²) >= 11 is 0. The molecular weight excluding hydrogens is 807 g/mol. The van der Waals surface area contributed by atoms with Crippen molar-refractivity contribution in [2.24, 2.45) is 0 Å². The van der Waals surface area contributed by atoms with Gasteiger partial charge in [0.05, 0.1) is 5.69 Å². The van der Waals surface area contributed by atoms with Crippen LogP contribution in [-0.2, 0) is 0 Å². The third-order valence-electron chi connectivity index (χ3n) is 12.7. The molecule has 316 valence electrons. The van der Waals surface area contributed by atoms with E-state index in [1.807, 2.05) is 0 Å². The minimum absolute atomic E-state index is 1.07. The molecule has 1 nitrogen and oxygen atoms in total. The molecule has 1 heteroatoms. The van der Waals surface area contributed by atoms with Gasteiger partial charge in [0.1, 0.15) is 0 Å². The summed E-state index contributed by atoms with van der Waals surface area (Å²) in [5.74, 6) is 0. The van der Waals surface area contributed by atoms with E-state index in [0.717, 1.165) is 33.8 Å². The number of hydrogen-bond acceptors (Lipinski definition) is 1. The van der Waals surface area contributed by atoms with Crippen molar-refractivity contribution in [2.45, 2.75) is 0 Å². The highest BCUT2D eigenvalue weighted by atomic mass is 15.1. The number of benzene rings is 11. The molecule has 11 aromatic carbocycles. The maximum Gasteiger partial charge on any atom is 0.0540 e. The number of nitrogens with zero attached hydrogens (tertiary/aromatic N) is 1. The average molecular weight is 854 g/mol. The van der Waals surface area contributed by atoms with E-state index in [1.165, 1.54) is 72.3 Å². The molecule has 0 radical (unpaired) electrons. The fraction of sp³-hybridized carbons (Fsp3) is 0. The van der Waals surface area contributed by atoms with E-state index in [1.54, 1.807) is 0 Å². The molecule has 0 aliphatic heterocycles. The van der Waals surface area contributed by atoms with E-state index in [2.05, 4.69) is 290 Å². The molecule has 11 rings (SSSR count). The van der Waals surface area contributed by atoms with Crippen molar-refractivity contribution in [1.29, 1.82) is 0 Å². The summed E-state index contributed by atoms with van der Waals surface area (Å²) in [7, 11) is 0. The van der Waals surface area contributed by atoms with Crippen LogP contribution in [0.25, 0.3) is 89.0 Å². The second kappa shape index (κ2) is 18.7. The van der Waals surface area contributed by atoms with Crippen molar-refractivity contribution in [1.82, 2.24) is 0 Å². The summed E-state index contributed by atoms with van der Waals surface area (Å²) in [5.41, 5.74) is 22.2. The van der Waals surface area contributed by atoms with Crippen LogP contribution in [0, 0.1) is 0 Å². The zero-order valence-electron chi connectivity index (χ0n) is 37.1. The number of anilines is 3. The lowest BCUT2D eigenvalue weighted by atomic mass is 9.84. The third-order valence-corrected chi connectivity index (χ3v) is 12.7. The van der Waals surface area contributed by atoms with Crippen molar-refractivity contribution < 1.29 is 0 Å². The molecule has 0 fully saturated rings. The first-order chi connectivity index (χ1) is 33.2. The Labute approximate surface area is 394 Å². The molecular formula is C66H47N. The maximum atomic E-state index is 2.42. The summed E-state index contributed by atoms with van der Waals surface area (Å²) in [6.45, 7) is 0. The first-order valence-electron chi connectivity index (χ1n) is 23.0. The van der Waals surface area contributed by atoms with E-state index in [0.29, 0.717) is 0 Å². The predicted molar refractivity (Wildman–Crippen MR) is 285 cm³/mol. The van der Waals surface area contributed by atoms with Gasteiger partial charge < -0.3 is 4.90 Å². The van der Waals surface area contributed by atoms with Gasteiger partial charge in [-0.25, -0.2) is 0 Å². The van der Waals surface area contributed by atoms with Crippen LogP contribution in [0.1, 0.15) is 0 Å². The Morgan fingerprint density at radius 2 is 0.507 bits per heavy atom. The summed E-state index contributed by atoms with van der Waals surface area (Å²) in [4.78, 5) is 2.42. The topological polar surface area (TPSA) is 3.24 Å². The fourth-order valence-corrected chi connectivity index (χ4v) is 9.43. The maximum absolute atomic E-state index is 2.42. The monoisotopic (exact) mass is 853 g/mol. The largest absolute Gasteiger partial charge is 0.310 e. The highest BCUT2D eigenvalue weighted by Gasteiger charge is 2.21. The Morgan fingerprint density at radius 3 is 1.04 bits per heavy atom. The first-order valence-corrected chi connectivity index (χ1v) is 23.0. The van der Waals surface area contributed by atoms with Gasteiger partial charge in [-0.1, -0.05) is 255 Å². The Hall–Kier alpha value is -8.78. The van der Waals surface area contributed by atoms with Crippen LogP contribution < -0.4 is 4.90 Å². The summed E-state index contributed by atoms with van der Waals surface area (Å²) in [6.07, 6.45) is 0. The third kappa shape index (κ3) is 8.51. The van der Waals surface area contributed by atoms with E-state index >= 15 is 0 Å². The number of hydrogen-bond donors (Lipinski definition) is 0. The van der Waals surface area contributed by atoms with E-state index < -0.39 is 0 Å². The van der Waals surface area contributed by atoms with Gasteiger partial charge in [0.25, 0.3) is 0 Å². The van der Waals surface area contributed by atoms with Crippen LogP contribution in [-0.4, -0.2) is 0 Å². The summed E-state index contributed by atoms with van der Waals surface area (Å²) in [6, 6.07) is 103. The fourth-order valence-electron chi connectivity index (χ4n) is 9.43. The molecule has 0 aliphatic carbocycles. The summed E-state index contributed by atoms with van der Waals surface area (Å²) in [5, 5.41) is 0. The predicted octanol–water partition coefficient (Wildman–Crippen LogP) is 18.5. The van der Waals surface area contributed by atoms with Crippen molar-refractivity contribution >= 4 is 17.1 Å². The van der Waals surface area contributed by atoms with Crippen molar-refractivity contribution in [3.63, 3.8) is 0 Å². The van der Waals surface area contributed by atoms with Gasteiger partial charge in [-0.15, -0.1) is 0 Å². The van der Waals surface area contributed by atoms with Crippen molar-refractivity contribution in [2.75, 3.05) is 4.90 Å². The molecule has 0 heterocycles. The van der Waals surface area contributed by atoms with E-state index in [9.17, 15) is 0 Å². The van der Waals surface area contributed by atoms with Gasteiger partial charge in [0.15, 0.2) is 0 Å². The molecule has 0 N–H and O–H groups in total. The van der Waals surface area contributed by atoms with E-state index in [4.69, 9.17) is 0 Å². The zero-order valence-corrected chi connectivity index (χ0v) is 37.1. The van der Waals surface area contributed by atoms with Crippen LogP contribution in [0.3, 0.4) is 0 Å². The highest BCUT2D eigenvalue weighted by molar-refractivity contribution is 6.00. The molecule has 0 atom stereocenters. The molecule has 11 aromatic rings. The minimum Gasteiger partial charge on any atom is -0.310 e. The molecule has 0 saturated carbocycles. The molecule has 0 aliphatic rings. The molecule has 0 aromatic heterocycles. The van der Waals surface area contributed by atoms with Gasteiger partial charge in [0.2, 0.25) is 0 Å². The molecule has 0 bridgehead atoms. The standard InChI is InChI=1S/C66H47N/c1-5-19-48(20-6-1)50-35-37-52(38-36-50)53-43-45-58(46-44-53)67(65-34-16-15-30-61(65)56-41-39-51(40-42-56)49-21-7-2-8-22-49)59-28-17-27-57(47-59)63-33-18-32-62(55-25-11-4-12-26-55)66(63)64-31-14-13-29-60(64)54-23-9-3-10-24-54/h1-47H. The van der Waals surface area contributed by atoms with Gasteiger partial charge >= 0.3 is 0 Å². The molecule has 0 unspecified atom stereocenters. The van der Waals surface area contributed by atoms with Crippen LogP contribution in [0.15, 0.2) is 285 Å². The van der Waals surface area contributed by atoms with Gasteiger partial charge in [-0.3, -0.25) is 0 Å². The average Bonchev–Trinajstić information content (AvgIpc) is 3.42. The second-order valence-corrected chi connectivity index (χ2v) is 16.8. The first kappa shape index (κ1) is 41.0. The van der Waals surface area contributed by atoms with Crippen LogP contribution in [0.4, 0.5) is 17.1 Å².